The van der Waals surface area contributed by atoms with E-state index in [1.165, 1.54) is 0 Å². The van der Waals surface area contributed by atoms with Crippen LogP contribution in [0.4, 0.5) is 0 Å². The second-order valence-corrected chi connectivity index (χ2v) is 8.99. The average molecular weight is 589 g/mol. The fourth-order valence-corrected chi connectivity index (χ4v) is 3.95. The Labute approximate surface area is 287 Å². The Kier molecular flexibility index (Phi) is 16.5. The number of aromatic amines is 2. The molecule has 0 bridgehead atoms. The molecule has 10 nitrogen and oxygen atoms in total. The van der Waals surface area contributed by atoms with Crippen LogP contribution in [-0.4, -0.2) is 31.9 Å². The Balaban J connectivity index is 0.000000401. The van der Waals surface area contributed by atoms with Crippen molar-refractivity contribution in [1.82, 2.24) is 19.9 Å². The number of hydrogen-bond acceptors (Lipinski definition) is 8. The van der Waals surface area contributed by atoms with Crippen LogP contribution in [0.5, 0.6) is 0 Å². The summed E-state index contributed by atoms with van der Waals surface area (Å²) in [6, 6.07) is 17.6. The number of aromatic carboxylic acids is 2. The van der Waals surface area contributed by atoms with Crippen molar-refractivity contribution in [1.29, 1.82) is 0 Å². The van der Waals surface area contributed by atoms with E-state index in [9.17, 15) is 29.4 Å². The zero-order chi connectivity index (χ0) is 29.1. The predicted molar refractivity (Wildman–Crippen MR) is 146 cm³/mol. The summed E-state index contributed by atoms with van der Waals surface area (Å²) in [4.78, 5) is 59.8. The molecule has 208 valence electrons. The maximum Gasteiger partial charge on any atom is 1.00 e. The van der Waals surface area contributed by atoms with Gasteiger partial charge in [-0.1, -0.05) is 87.4 Å². The third-order valence-electron chi connectivity index (χ3n) is 5.97. The topological polar surface area (TPSA) is 172 Å². The molecular weight excluding hydrogens is 558 g/mol. The number of aromatic nitrogens is 4. The second-order valence-electron chi connectivity index (χ2n) is 8.99. The van der Waals surface area contributed by atoms with Crippen molar-refractivity contribution in [3.8, 4) is 22.5 Å². The fraction of sp³-hybridized carbons (Fsp3) is 0.267. The van der Waals surface area contributed by atoms with Gasteiger partial charge in [0.1, 0.15) is 11.6 Å². The minimum absolute atomic E-state index is 0. The zero-order valence-corrected chi connectivity index (χ0v) is 28.4. The first kappa shape index (κ1) is 37.2. The summed E-state index contributed by atoms with van der Waals surface area (Å²) in [5.41, 5.74) is -0.644. The minimum Gasteiger partial charge on any atom is -0.545 e. The Morgan fingerprint density at radius 2 is 0.976 bits per heavy atom. The minimum atomic E-state index is -1.51. The quantitative estimate of drug-likeness (QED) is 0.178. The summed E-state index contributed by atoms with van der Waals surface area (Å²) in [5.74, 6) is -2.03. The molecule has 42 heavy (non-hydrogen) atoms. The third kappa shape index (κ3) is 10.1. The molecule has 0 saturated carbocycles. The molecule has 4 rings (SSSR count). The Bertz CT molecular complexity index is 1460. The van der Waals surface area contributed by atoms with Gasteiger partial charge in [0.15, 0.2) is 0 Å². The number of carboxylic acids is 2. The molecule has 2 aromatic heterocycles. The molecule has 0 aliphatic heterocycles. The van der Waals surface area contributed by atoms with Crippen molar-refractivity contribution in [3.05, 3.63) is 104 Å². The third-order valence-corrected chi connectivity index (χ3v) is 5.97. The average Bonchev–Trinajstić information content (AvgIpc) is 2.95. The molecule has 0 unspecified atom stereocenters. The van der Waals surface area contributed by atoms with E-state index in [1.807, 2.05) is 26.0 Å². The van der Waals surface area contributed by atoms with E-state index >= 15 is 0 Å². The molecule has 0 radical (unpaired) electrons. The first-order valence-electron chi connectivity index (χ1n) is 13.1. The molecule has 0 aliphatic carbocycles. The Hall–Kier alpha value is -2.86. The molecule has 0 fully saturated rings. The summed E-state index contributed by atoms with van der Waals surface area (Å²) in [6.07, 6.45) is 4.90. The van der Waals surface area contributed by atoms with Crippen LogP contribution in [0.1, 0.15) is 71.9 Å². The molecule has 2 heterocycles. The van der Waals surface area contributed by atoms with Crippen molar-refractivity contribution in [2.24, 2.45) is 0 Å². The number of benzene rings is 2. The maximum absolute atomic E-state index is 11.9. The maximum atomic E-state index is 11.9. The van der Waals surface area contributed by atoms with Crippen LogP contribution >= 0.6 is 0 Å². The van der Waals surface area contributed by atoms with Crippen molar-refractivity contribution in [2.45, 2.75) is 52.4 Å². The normalized spacial score (nSPS) is 9.95. The largest absolute Gasteiger partial charge is 1.00 e. The Morgan fingerprint density at radius 3 is 1.26 bits per heavy atom. The molecule has 2 aromatic carbocycles. The van der Waals surface area contributed by atoms with Gasteiger partial charge in [-0.15, -0.1) is 0 Å². The number of nitrogens with one attached hydrogen (secondary N) is 2. The van der Waals surface area contributed by atoms with Gasteiger partial charge in [0.25, 0.3) is 11.1 Å². The number of rotatable bonds is 10. The predicted octanol–water partition coefficient (Wildman–Crippen LogP) is -3.71. The number of nitrogens with zero attached hydrogens (tertiary/aromatic N) is 2. The van der Waals surface area contributed by atoms with Crippen LogP contribution < -0.4 is 80.4 Å². The summed E-state index contributed by atoms with van der Waals surface area (Å²) < 4.78 is 0. The van der Waals surface area contributed by atoms with Crippen molar-refractivity contribution in [3.63, 3.8) is 0 Å². The molecule has 0 saturated heterocycles. The van der Waals surface area contributed by atoms with Crippen LogP contribution in [0.15, 0.2) is 70.3 Å². The van der Waals surface area contributed by atoms with E-state index in [1.54, 1.807) is 48.5 Å². The van der Waals surface area contributed by atoms with Gasteiger partial charge in [-0.3, -0.25) is 9.59 Å². The number of aryl methyl sites for hydroxylation is 2. The van der Waals surface area contributed by atoms with Gasteiger partial charge < -0.3 is 29.8 Å². The van der Waals surface area contributed by atoms with Gasteiger partial charge in [0, 0.05) is 24.0 Å². The van der Waals surface area contributed by atoms with E-state index in [-0.39, 0.29) is 70.5 Å². The van der Waals surface area contributed by atoms with Crippen molar-refractivity contribution in [2.75, 3.05) is 0 Å². The van der Waals surface area contributed by atoms with E-state index in [0.717, 1.165) is 25.7 Å². The zero-order valence-electron chi connectivity index (χ0n) is 24.4. The monoisotopic (exact) mass is 588 g/mol. The first-order valence-corrected chi connectivity index (χ1v) is 13.1. The van der Waals surface area contributed by atoms with Gasteiger partial charge in [0.05, 0.1) is 34.5 Å². The van der Waals surface area contributed by atoms with E-state index in [2.05, 4.69) is 19.9 Å². The number of carboxylic acid groups (broad SMARTS) is 2. The van der Waals surface area contributed by atoms with E-state index < -0.39 is 34.2 Å². The summed E-state index contributed by atoms with van der Waals surface area (Å²) in [7, 11) is 0. The van der Waals surface area contributed by atoms with Crippen LogP contribution in [0, 0.1) is 0 Å². The van der Waals surface area contributed by atoms with Crippen LogP contribution in [0.3, 0.4) is 0 Å². The summed E-state index contributed by atoms with van der Waals surface area (Å²) in [6.45, 7) is 4.07. The Morgan fingerprint density at radius 1 is 0.643 bits per heavy atom. The fourth-order valence-electron chi connectivity index (χ4n) is 3.95. The van der Waals surface area contributed by atoms with E-state index in [4.69, 9.17) is 0 Å². The molecular formula is C30H30N4Na2O6. The summed E-state index contributed by atoms with van der Waals surface area (Å²) >= 11 is 0. The molecule has 2 N–H and O–H groups in total. The van der Waals surface area contributed by atoms with Gasteiger partial charge in [-0.25, -0.2) is 9.97 Å². The molecule has 12 heteroatoms. The molecule has 0 aliphatic rings. The van der Waals surface area contributed by atoms with Gasteiger partial charge in [-0.05, 0) is 12.8 Å². The number of H-pyrrole nitrogens is 2. The standard InChI is InChI=1S/2C15H16N2O3.2Na/c2*1-2-3-9-11-16-13(10-7-5-4-6-8-10)12(15(19)20)14(18)17-11;;/h2*4-8H,2-3,9H2,1H3,(H,19,20)(H,16,17,18);;/q;;2*+1/p-2. The van der Waals surface area contributed by atoms with Gasteiger partial charge in [-0.2, -0.15) is 0 Å². The van der Waals surface area contributed by atoms with E-state index in [0.29, 0.717) is 35.6 Å². The second kappa shape index (κ2) is 18.6. The number of hydrogen-bond donors (Lipinski definition) is 2. The molecule has 0 spiro atoms. The van der Waals surface area contributed by atoms with Crippen LogP contribution in [0.2, 0.25) is 0 Å². The molecule has 0 amide bonds. The van der Waals surface area contributed by atoms with Gasteiger partial charge >= 0.3 is 59.1 Å². The number of carbonyl (C=O) groups excluding carboxylic acids is 2. The number of unbranched alkanes of at least 4 members (excludes halogenated alkanes) is 2. The number of carbonyl (C=O) groups is 2. The molecule has 0 atom stereocenters. The van der Waals surface area contributed by atoms with Crippen LogP contribution in [-0.2, 0) is 12.8 Å². The van der Waals surface area contributed by atoms with Gasteiger partial charge in [0.2, 0.25) is 0 Å². The smallest absolute Gasteiger partial charge is 0.545 e. The van der Waals surface area contributed by atoms with Crippen LogP contribution in [0.25, 0.3) is 22.5 Å². The summed E-state index contributed by atoms with van der Waals surface area (Å²) in [5, 5.41) is 22.3. The molecule has 4 aromatic rings. The van der Waals surface area contributed by atoms with Crippen molar-refractivity contribution < 1.29 is 78.9 Å². The van der Waals surface area contributed by atoms with Crippen molar-refractivity contribution >= 4 is 11.9 Å². The first-order chi connectivity index (χ1) is 19.3. The SMILES string of the molecule is CCCCc1nc(-c2ccccc2)c(C(=O)[O-])c(=O)[nH]1.CCCCc1nc(-c2ccccc2)c(C(=O)[O-])c(=O)[nH]1.[Na+].[Na+].